The fourth-order valence-electron chi connectivity index (χ4n) is 1.34. The highest BCUT2D eigenvalue weighted by atomic mass is 28.3. The molecule has 0 bridgehead atoms. The maximum absolute atomic E-state index is 5.69. The van der Waals surface area contributed by atoms with Crippen LogP contribution in [0.5, 0.6) is 0 Å². The monoisotopic (exact) mass is 209 g/mol. The van der Waals surface area contributed by atoms with Crippen molar-refractivity contribution < 1.29 is 4.43 Å². The van der Waals surface area contributed by atoms with Gasteiger partial charge in [0.25, 0.3) is 0 Å². The molecule has 2 N–H and O–H groups in total. The van der Waals surface area contributed by atoms with Crippen molar-refractivity contribution in [3.8, 4) is 0 Å². The number of anilines is 1. The van der Waals surface area contributed by atoms with Gasteiger partial charge in [-0.05, 0) is 43.6 Å². The largest absolute Gasteiger partial charge is 0.421 e. The molecule has 3 heteroatoms. The van der Waals surface area contributed by atoms with Gasteiger partial charge < -0.3 is 10.2 Å². The van der Waals surface area contributed by atoms with Gasteiger partial charge in [0.1, 0.15) is 0 Å². The smallest absolute Gasteiger partial charge is 0.170 e. The Morgan fingerprint density at radius 3 is 2.79 bits per heavy atom. The molecule has 1 aromatic rings. The molecule has 0 radical (unpaired) electrons. The summed E-state index contributed by atoms with van der Waals surface area (Å²) in [6.07, 6.45) is 2.15. The molecule has 14 heavy (non-hydrogen) atoms. The van der Waals surface area contributed by atoms with Gasteiger partial charge in [-0.15, -0.1) is 0 Å². The zero-order valence-corrected chi connectivity index (χ0v) is 10.1. The molecular weight excluding hydrogens is 190 g/mol. The normalized spacial score (nSPS) is 10.8. The predicted octanol–water partition coefficient (Wildman–Crippen LogP) is 2.20. The van der Waals surface area contributed by atoms with Crippen LogP contribution in [0, 0.1) is 0 Å². The Morgan fingerprint density at radius 2 is 2.14 bits per heavy atom. The van der Waals surface area contributed by atoms with Crippen LogP contribution in [-0.4, -0.2) is 15.6 Å². The summed E-state index contributed by atoms with van der Waals surface area (Å²) in [7, 11) is -0.831. The van der Waals surface area contributed by atoms with E-state index in [1.54, 1.807) is 0 Å². The Morgan fingerprint density at radius 1 is 1.36 bits per heavy atom. The van der Waals surface area contributed by atoms with Crippen molar-refractivity contribution in [3.05, 3.63) is 29.8 Å². The van der Waals surface area contributed by atoms with Gasteiger partial charge in [0, 0.05) is 12.3 Å². The van der Waals surface area contributed by atoms with Crippen molar-refractivity contribution in [3.63, 3.8) is 0 Å². The molecule has 0 heterocycles. The third-order valence-electron chi connectivity index (χ3n) is 2.01. The second kappa shape index (κ2) is 5.83. The molecule has 0 aliphatic heterocycles. The first-order valence-corrected chi connectivity index (χ1v) is 7.92. The van der Waals surface area contributed by atoms with Gasteiger partial charge in [-0.2, -0.15) is 0 Å². The lowest BCUT2D eigenvalue weighted by Gasteiger charge is -2.06. The minimum Gasteiger partial charge on any atom is -0.421 e. The zero-order valence-electron chi connectivity index (χ0n) is 8.99. The van der Waals surface area contributed by atoms with Crippen LogP contribution in [0.15, 0.2) is 24.3 Å². The highest BCUT2D eigenvalue weighted by molar-refractivity contribution is 6.48. The van der Waals surface area contributed by atoms with E-state index >= 15 is 0 Å². The lowest BCUT2D eigenvalue weighted by molar-refractivity contribution is 0.319. The molecule has 0 atom stereocenters. The fraction of sp³-hybridized carbons (Fsp3) is 0.455. The Labute approximate surface area is 87.8 Å². The number of hydrogen-bond donors (Lipinski definition) is 1. The number of aryl methyl sites for hydroxylation is 1. The summed E-state index contributed by atoms with van der Waals surface area (Å²) in [4.78, 5) is 0. The summed E-state index contributed by atoms with van der Waals surface area (Å²) in [5.74, 6) is 0. The van der Waals surface area contributed by atoms with Crippen LogP contribution in [0.4, 0.5) is 5.69 Å². The second-order valence-electron chi connectivity index (χ2n) is 3.77. The molecule has 0 unspecified atom stereocenters. The molecule has 0 aromatic heterocycles. The topological polar surface area (TPSA) is 35.2 Å². The molecule has 0 saturated heterocycles. The zero-order chi connectivity index (χ0) is 10.4. The summed E-state index contributed by atoms with van der Waals surface area (Å²) >= 11 is 0. The van der Waals surface area contributed by atoms with E-state index in [2.05, 4.69) is 19.2 Å². The minimum absolute atomic E-state index is 0.831. The van der Waals surface area contributed by atoms with E-state index in [9.17, 15) is 0 Å². The van der Waals surface area contributed by atoms with Crippen molar-refractivity contribution in [1.82, 2.24) is 0 Å². The van der Waals surface area contributed by atoms with Crippen LogP contribution in [0.2, 0.25) is 13.1 Å². The van der Waals surface area contributed by atoms with Gasteiger partial charge in [-0.25, -0.2) is 0 Å². The number of benzene rings is 1. The Hall–Kier alpha value is -0.803. The second-order valence-corrected chi connectivity index (χ2v) is 6.20. The first-order valence-electron chi connectivity index (χ1n) is 5.14. The van der Waals surface area contributed by atoms with Gasteiger partial charge in [0.2, 0.25) is 0 Å². The van der Waals surface area contributed by atoms with Gasteiger partial charge >= 0.3 is 0 Å². The maximum Gasteiger partial charge on any atom is 0.170 e. The summed E-state index contributed by atoms with van der Waals surface area (Å²) in [6.45, 7) is 5.28. The lowest BCUT2D eigenvalue weighted by atomic mass is 10.1. The molecule has 1 aromatic carbocycles. The summed E-state index contributed by atoms with van der Waals surface area (Å²) < 4.78 is 5.60. The van der Waals surface area contributed by atoms with Crippen molar-refractivity contribution in [2.75, 3.05) is 12.3 Å². The van der Waals surface area contributed by atoms with Crippen LogP contribution in [0.1, 0.15) is 12.0 Å². The van der Waals surface area contributed by atoms with E-state index in [0.29, 0.717) is 0 Å². The van der Waals surface area contributed by atoms with E-state index in [4.69, 9.17) is 10.2 Å². The maximum atomic E-state index is 5.69. The lowest BCUT2D eigenvalue weighted by Crippen LogP contribution is -2.09. The van der Waals surface area contributed by atoms with Crippen LogP contribution in [0.3, 0.4) is 0 Å². The van der Waals surface area contributed by atoms with Gasteiger partial charge in [-0.3, -0.25) is 0 Å². The minimum atomic E-state index is -0.831. The molecule has 0 spiro atoms. The molecule has 0 amide bonds. The van der Waals surface area contributed by atoms with Gasteiger partial charge in [-0.1, -0.05) is 12.1 Å². The molecule has 0 saturated carbocycles. The van der Waals surface area contributed by atoms with E-state index in [-0.39, 0.29) is 0 Å². The number of rotatable bonds is 5. The molecule has 1 rings (SSSR count). The molecule has 0 aliphatic rings. The van der Waals surface area contributed by atoms with E-state index < -0.39 is 9.04 Å². The first kappa shape index (κ1) is 11.3. The van der Waals surface area contributed by atoms with Crippen molar-refractivity contribution >= 4 is 14.7 Å². The Balaban J connectivity index is 2.25. The van der Waals surface area contributed by atoms with Crippen LogP contribution >= 0.6 is 0 Å². The molecule has 0 fully saturated rings. The van der Waals surface area contributed by atoms with Crippen LogP contribution in [0.25, 0.3) is 0 Å². The van der Waals surface area contributed by atoms with Crippen molar-refractivity contribution in [2.45, 2.75) is 25.9 Å². The number of nitrogen functional groups attached to an aromatic ring is 1. The molecule has 0 aliphatic carbocycles. The summed E-state index contributed by atoms with van der Waals surface area (Å²) in [5.41, 5.74) is 7.84. The molecule has 2 nitrogen and oxygen atoms in total. The molecular formula is C11H19NOSi. The van der Waals surface area contributed by atoms with E-state index in [0.717, 1.165) is 25.1 Å². The Kier molecular flexibility index (Phi) is 4.69. The number of hydrogen-bond acceptors (Lipinski definition) is 2. The third kappa shape index (κ3) is 4.44. The van der Waals surface area contributed by atoms with E-state index in [1.807, 2.05) is 18.2 Å². The third-order valence-corrected chi connectivity index (χ3v) is 2.91. The highest BCUT2D eigenvalue weighted by Crippen LogP contribution is 2.08. The predicted molar refractivity (Wildman–Crippen MR) is 64.0 cm³/mol. The van der Waals surface area contributed by atoms with Crippen molar-refractivity contribution in [1.29, 1.82) is 0 Å². The fourth-order valence-corrected chi connectivity index (χ4v) is 1.98. The average Bonchev–Trinajstić information content (AvgIpc) is 2.12. The molecule has 78 valence electrons. The SMILES string of the molecule is C[SiH](C)OCCCc1cccc(N)c1. The van der Waals surface area contributed by atoms with Crippen molar-refractivity contribution in [2.24, 2.45) is 0 Å². The summed E-state index contributed by atoms with van der Waals surface area (Å²) in [5, 5.41) is 0. The van der Waals surface area contributed by atoms with E-state index in [1.165, 1.54) is 5.56 Å². The number of nitrogens with two attached hydrogens (primary N) is 1. The van der Waals surface area contributed by atoms with Gasteiger partial charge in [0.15, 0.2) is 9.04 Å². The summed E-state index contributed by atoms with van der Waals surface area (Å²) in [6, 6.07) is 8.07. The van der Waals surface area contributed by atoms with Crippen LogP contribution < -0.4 is 5.73 Å². The van der Waals surface area contributed by atoms with Gasteiger partial charge in [0.05, 0.1) is 0 Å². The standard InChI is InChI=1S/C11H19NOSi/c1-14(2)13-8-4-6-10-5-3-7-11(12)9-10/h3,5,7,9,14H,4,6,8,12H2,1-2H3. The average molecular weight is 209 g/mol. The first-order chi connectivity index (χ1) is 6.68. The quantitative estimate of drug-likeness (QED) is 0.458. The highest BCUT2D eigenvalue weighted by Gasteiger charge is 1.96. The Bertz CT molecular complexity index is 276. The van der Waals surface area contributed by atoms with Crippen LogP contribution in [-0.2, 0) is 10.8 Å².